The number of rotatable bonds is 7. The molecule has 0 bridgehead atoms. The van der Waals surface area contributed by atoms with Gasteiger partial charge in [-0.15, -0.1) is 0 Å². The van der Waals surface area contributed by atoms with E-state index in [0.29, 0.717) is 5.56 Å². The molecule has 0 radical (unpaired) electrons. The molecular formula is C19H25N3O6S. The van der Waals surface area contributed by atoms with E-state index < -0.39 is 38.3 Å². The van der Waals surface area contributed by atoms with Gasteiger partial charge < -0.3 is 15.5 Å². The molecule has 2 aromatic carbocycles. The maximum Gasteiger partial charge on any atom is 0.293 e. The maximum atomic E-state index is 12.5. The van der Waals surface area contributed by atoms with E-state index in [1.165, 1.54) is 24.3 Å². The van der Waals surface area contributed by atoms with Gasteiger partial charge in [-0.3, -0.25) is 10.1 Å². The Labute approximate surface area is 169 Å². The summed E-state index contributed by atoms with van der Waals surface area (Å²) in [5.41, 5.74) is -0.576. The Kier molecular flexibility index (Phi) is 6.51. The van der Waals surface area contributed by atoms with Gasteiger partial charge in [0, 0.05) is 11.6 Å². The first-order valence-corrected chi connectivity index (χ1v) is 10.3. The van der Waals surface area contributed by atoms with E-state index in [2.05, 4.69) is 10.0 Å². The summed E-state index contributed by atoms with van der Waals surface area (Å²) in [6.07, 6.45) is -1.01. The highest BCUT2D eigenvalue weighted by atomic mass is 32.2. The molecule has 2 atom stereocenters. The average Bonchev–Trinajstić information content (AvgIpc) is 2.59. The highest BCUT2D eigenvalue weighted by molar-refractivity contribution is 7.89. The number of phenolic OH excluding ortho intramolecular Hbond substituents is 1. The number of nitrogens with zero attached hydrogens (tertiary/aromatic N) is 1. The van der Waals surface area contributed by atoms with Crippen molar-refractivity contribution in [2.75, 3.05) is 5.32 Å². The number of nitro groups is 1. The first kappa shape index (κ1) is 22.6. The lowest BCUT2D eigenvalue weighted by Crippen LogP contribution is -2.40. The Morgan fingerprint density at radius 3 is 2.21 bits per heavy atom. The predicted molar refractivity (Wildman–Crippen MR) is 109 cm³/mol. The molecule has 0 unspecified atom stereocenters. The van der Waals surface area contributed by atoms with Crippen molar-refractivity contribution in [1.82, 2.24) is 4.72 Å². The minimum atomic E-state index is -3.94. The van der Waals surface area contributed by atoms with Gasteiger partial charge in [-0.25, -0.2) is 13.1 Å². The van der Waals surface area contributed by atoms with Crippen LogP contribution in [0.4, 0.5) is 11.4 Å². The molecular weight excluding hydrogens is 398 g/mol. The van der Waals surface area contributed by atoms with Crippen LogP contribution in [0.15, 0.2) is 47.4 Å². The SMILES string of the molecule is C[C@@H](Nc1ccc(S(=O)(=O)NC(C)(C)C)cc1[N+](=O)[O-])[C@@H](O)c1ccc(O)cc1. The van der Waals surface area contributed by atoms with Gasteiger partial charge in [0.15, 0.2) is 0 Å². The number of hydrogen-bond acceptors (Lipinski definition) is 7. The van der Waals surface area contributed by atoms with E-state index in [0.717, 1.165) is 6.07 Å². The van der Waals surface area contributed by atoms with Crippen LogP contribution in [-0.4, -0.2) is 35.1 Å². The fourth-order valence-electron chi connectivity index (χ4n) is 2.70. The monoisotopic (exact) mass is 423 g/mol. The quantitative estimate of drug-likeness (QED) is 0.396. The number of aromatic hydroxyl groups is 1. The van der Waals surface area contributed by atoms with Gasteiger partial charge >= 0.3 is 0 Å². The molecule has 0 spiro atoms. The largest absolute Gasteiger partial charge is 0.508 e. The van der Waals surface area contributed by atoms with Crippen molar-refractivity contribution >= 4 is 21.4 Å². The number of nitrogens with one attached hydrogen (secondary N) is 2. The lowest BCUT2D eigenvalue weighted by Gasteiger charge is -2.22. The molecule has 0 saturated carbocycles. The lowest BCUT2D eigenvalue weighted by atomic mass is 10.0. The molecule has 0 aromatic heterocycles. The lowest BCUT2D eigenvalue weighted by molar-refractivity contribution is -0.384. The maximum absolute atomic E-state index is 12.5. The van der Waals surface area contributed by atoms with Crippen molar-refractivity contribution in [3.8, 4) is 5.75 Å². The van der Waals surface area contributed by atoms with Crippen molar-refractivity contribution in [1.29, 1.82) is 0 Å². The molecule has 29 heavy (non-hydrogen) atoms. The third-order valence-electron chi connectivity index (χ3n) is 4.01. The summed E-state index contributed by atoms with van der Waals surface area (Å²) < 4.78 is 27.4. The van der Waals surface area contributed by atoms with Crippen LogP contribution in [0.5, 0.6) is 5.75 Å². The smallest absolute Gasteiger partial charge is 0.293 e. The van der Waals surface area contributed by atoms with E-state index in [4.69, 9.17) is 0 Å². The fourth-order valence-corrected chi connectivity index (χ4v) is 4.14. The number of aliphatic hydroxyl groups excluding tert-OH is 1. The number of anilines is 1. The fraction of sp³-hybridized carbons (Fsp3) is 0.368. The van der Waals surface area contributed by atoms with E-state index in [9.17, 15) is 28.7 Å². The molecule has 2 rings (SSSR count). The van der Waals surface area contributed by atoms with Gasteiger partial charge in [0.05, 0.1) is 22.0 Å². The first-order valence-electron chi connectivity index (χ1n) is 8.86. The molecule has 9 nitrogen and oxygen atoms in total. The molecule has 2 aromatic rings. The van der Waals surface area contributed by atoms with Gasteiger partial charge in [0.25, 0.3) is 5.69 Å². The Morgan fingerprint density at radius 2 is 1.69 bits per heavy atom. The third kappa shape index (κ3) is 5.89. The van der Waals surface area contributed by atoms with Crippen molar-refractivity contribution in [3.05, 3.63) is 58.1 Å². The van der Waals surface area contributed by atoms with Crippen LogP contribution in [0.1, 0.15) is 39.4 Å². The summed E-state index contributed by atoms with van der Waals surface area (Å²) in [4.78, 5) is 10.6. The van der Waals surface area contributed by atoms with Crippen molar-refractivity contribution in [3.63, 3.8) is 0 Å². The standard InChI is InChI=1S/C19H25N3O6S/c1-12(18(24)13-5-7-14(23)8-6-13)20-16-10-9-15(11-17(16)22(25)26)29(27,28)21-19(2,3)4/h5-12,18,20-21,23-24H,1-4H3/t12-,18-/m1/s1. The number of benzene rings is 2. The summed E-state index contributed by atoms with van der Waals surface area (Å²) in [6.45, 7) is 6.64. The van der Waals surface area contributed by atoms with E-state index >= 15 is 0 Å². The molecule has 4 N–H and O–H groups in total. The number of nitro benzene ring substituents is 1. The van der Waals surface area contributed by atoms with Crippen molar-refractivity contribution < 1.29 is 23.6 Å². The second kappa shape index (κ2) is 8.36. The minimum absolute atomic E-state index is 0.0536. The Hall–Kier alpha value is -2.69. The number of phenols is 1. The molecule has 0 amide bonds. The predicted octanol–water partition coefficient (Wildman–Crippen LogP) is 2.91. The number of sulfonamides is 1. The molecule has 0 aliphatic heterocycles. The first-order chi connectivity index (χ1) is 13.3. The highest BCUT2D eigenvalue weighted by Crippen LogP contribution is 2.30. The van der Waals surface area contributed by atoms with Gasteiger partial charge in [0.1, 0.15) is 11.4 Å². The molecule has 10 heteroatoms. The van der Waals surface area contributed by atoms with E-state index in [-0.39, 0.29) is 16.3 Å². The normalized spacial score (nSPS) is 14.2. The van der Waals surface area contributed by atoms with Crippen LogP contribution >= 0.6 is 0 Å². The molecule has 0 aliphatic carbocycles. The Bertz CT molecular complexity index is 984. The van der Waals surface area contributed by atoms with Gasteiger partial charge in [-0.05, 0) is 57.5 Å². The topological polar surface area (TPSA) is 142 Å². The van der Waals surface area contributed by atoms with E-state index in [1.54, 1.807) is 39.8 Å². The third-order valence-corrected chi connectivity index (χ3v) is 5.76. The van der Waals surface area contributed by atoms with Crippen molar-refractivity contribution in [2.45, 2.75) is 50.3 Å². The van der Waals surface area contributed by atoms with E-state index in [1.807, 2.05) is 0 Å². The summed E-state index contributed by atoms with van der Waals surface area (Å²) in [7, 11) is -3.94. The van der Waals surface area contributed by atoms with Crippen LogP contribution in [-0.2, 0) is 10.0 Å². The highest BCUT2D eigenvalue weighted by Gasteiger charge is 2.27. The Morgan fingerprint density at radius 1 is 1.10 bits per heavy atom. The minimum Gasteiger partial charge on any atom is -0.508 e. The number of hydrogen-bond donors (Lipinski definition) is 4. The van der Waals surface area contributed by atoms with Gasteiger partial charge in [0.2, 0.25) is 10.0 Å². The summed E-state index contributed by atoms with van der Waals surface area (Å²) in [6, 6.07) is 8.86. The second-order valence-electron chi connectivity index (χ2n) is 7.76. The average molecular weight is 423 g/mol. The zero-order valence-corrected chi connectivity index (χ0v) is 17.4. The summed E-state index contributed by atoms with van der Waals surface area (Å²) >= 11 is 0. The molecule has 0 aliphatic rings. The second-order valence-corrected chi connectivity index (χ2v) is 9.44. The van der Waals surface area contributed by atoms with Crippen LogP contribution in [0.25, 0.3) is 0 Å². The molecule has 0 heterocycles. The zero-order chi connectivity index (χ0) is 22.0. The van der Waals surface area contributed by atoms with Gasteiger partial charge in [-0.2, -0.15) is 0 Å². The van der Waals surface area contributed by atoms with Crippen molar-refractivity contribution in [2.24, 2.45) is 0 Å². The number of aliphatic hydroxyl groups is 1. The zero-order valence-electron chi connectivity index (χ0n) is 16.6. The van der Waals surface area contributed by atoms with Crippen LogP contribution in [0, 0.1) is 10.1 Å². The van der Waals surface area contributed by atoms with Crippen LogP contribution in [0.3, 0.4) is 0 Å². The van der Waals surface area contributed by atoms with Crippen LogP contribution in [0.2, 0.25) is 0 Å². The van der Waals surface area contributed by atoms with Crippen LogP contribution < -0.4 is 10.0 Å². The Balaban J connectivity index is 2.31. The molecule has 0 saturated heterocycles. The molecule has 0 fully saturated rings. The summed E-state index contributed by atoms with van der Waals surface area (Å²) in [5.74, 6) is 0.0536. The summed E-state index contributed by atoms with van der Waals surface area (Å²) in [5, 5.41) is 34.2. The molecule has 158 valence electrons. The van der Waals surface area contributed by atoms with Gasteiger partial charge in [-0.1, -0.05) is 12.1 Å².